The van der Waals surface area contributed by atoms with Crippen LogP contribution in [0.5, 0.6) is 5.75 Å². The average molecular weight is 339 g/mol. The Balaban J connectivity index is 2.23. The first-order valence-electron chi connectivity index (χ1n) is 5.71. The van der Waals surface area contributed by atoms with Crippen molar-refractivity contribution < 1.29 is 13.9 Å². The van der Waals surface area contributed by atoms with Crippen LogP contribution in [0, 0.1) is 5.82 Å². The van der Waals surface area contributed by atoms with Crippen molar-refractivity contribution in [1.29, 1.82) is 0 Å². The lowest BCUT2D eigenvalue weighted by molar-refractivity contribution is 0.102. The van der Waals surface area contributed by atoms with Crippen molar-refractivity contribution >= 4 is 33.2 Å². The Labute approximate surface area is 123 Å². The van der Waals surface area contributed by atoms with E-state index >= 15 is 0 Å². The average Bonchev–Trinajstić information content (AvgIpc) is 2.40. The van der Waals surface area contributed by atoms with Crippen LogP contribution >= 0.6 is 15.9 Å². The van der Waals surface area contributed by atoms with E-state index in [0.29, 0.717) is 27.2 Å². The molecular formula is C14H12BrFN2O2. The highest BCUT2D eigenvalue weighted by molar-refractivity contribution is 9.10. The maximum atomic E-state index is 13.0. The van der Waals surface area contributed by atoms with Crippen molar-refractivity contribution in [3.63, 3.8) is 0 Å². The predicted molar refractivity (Wildman–Crippen MR) is 79.5 cm³/mol. The monoisotopic (exact) mass is 338 g/mol. The van der Waals surface area contributed by atoms with Crippen molar-refractivity contribution in [1.82, 2.24) is 0 Å². The van der Waals surface area contributed by atoms with Gasteiger partial charge in [-0.05, 0) is 46.3 Å². The van der Waals surface area contributed by atoms with Crippen molar-refractivity contribution in [2.75, 3.05) is 18.2 Å². The molecule has 0 bridgehead atoms. The summed E-state index contributed by atoms with van der Waals surface area (Å²) in [6, 6.07) is 8.77. The van der Waals surface area contributed by atoms with Crippen LogP contribution in [0.4, 0.5) is 15.8 Å². The summed E-state index contributed by atoms with van der Waals surface area (Å²) in [4.78, 5) is 12.1. The SMILES string of the molecule is COc1cc(NC(=O)c2ccc(F)cc2Br)ccc1N. The summed E-state index contributed by atoms with van der Waals surface area (Å²) in [6.45, 7) is 0. The highest BCUT2D eigenvalue weighted by atomic mass is 79.9. The van der Waals surface area contributed by atoms with Crippen LogP contribution in [-0.4, -0.2) is 13.0 Å². The smallest absolute Gasteiger partial charge is 0.256 e. The second-order valence-electron chi connectivity index (χ2n) is 4.04. The van der Waals surface area contributed by atoms with Gasteiger partial charge in [-0.25, -0.2) is 4.39 Å². The molecule has 0 spiro atoms. The molecular weight excluding hydrogens is 327 g/mol. The van der Waals surface area contributed by atoms with Crippen LogP contribution in [0.3, 0.4) is 0 Å². The van der Waals surface area contributed by atoms with E-state index in [-0.39, 0.29) is 5.91 Å². The van der Waals surface area contributed by atoms with Crippen molar-refractivity contribution in [3.05, 3.63) is 52.3 Å². The van der Waals surface area contributed by atoms with Crippen LogP contribution in [-0.2, 0) is 0 Å². The highest BCUT2D eigenvalue weighted by Gasteiger charge is 2.12. The highest BCUT2D eigenvalue weighted by Crippen LogP contribution is 2.26. The van der Waals surface area contributed by atoms with Gasteiger partial charge >= 0.3 is 0 Å². The molecule has 2 aromatic carbocycles. The Hall–Kier alpha value is -2.08. The van der Waals surface area contributed by atoms with E-state index in [2.05, 4.69) is 21.2 Å². The molecule has 20 heavy (non-hydrogen) atoms. The van der Waals surface area contributed by atoms with Gasteiger partial charge in [0.25, 0.3) is 5.91 Å². The molecule has 0 atom stereocenters. The molecule has 2 aromatic rings. The summed E-state index contributed by atoms with van der Waals surface area (Å²) in [5.41, 5.74) is 7.05. The zero-order chi connectivity index (χ0) is 14.7. The first-order valence-corrected chi connectivity index (χ1v) is 6.50. The molecule has 0 saturated carbocycles. The van der Waals surface area contributed by atoms with E-state index in [4.69, 9.17) is 10.5 Å². The number of rotatable bonds is 3. The Morgan fingerprint density at radius 1 is 1.30 bits per heavy atom. The molecule has 1 amide bonds. The van der Waals surface area contributed by atoms with Gasteiger partial charge in [0.15, 0.2) is 0 Å². The number of carbonyl (C=O) groups excluding carboxylic acids is 1. The zero-order valence-corrected chi connectivity index (χ0v) is 12.2. The maximum absolute atomic E-state index is 13.0. The molecule has 0 aliphatic carbocycles. The Bertz CT molecular complexity index is 662. The summed E-state index contributed by atoms with van der Waals surface area (Å²) < 4.78 is 18.5. The molecule has 0 saturated heterocycles. The number of amides is 1. The van der Waals surface area contributed by atoms with Crippen LogP contribution in [0.1, 0.15) is 10.4 Å². The third-order valence-electron chi connectivity index (χ3n) is 2.67. The molecule has 3 N–H and O–H groups in total. The third-order valence-corrected chi connectivity index (χ3v) is 3.32. The largest absolute Gasteiger partial charge is 0.495 e. The number of halogens is 2. The topological polar surface area (TPSA) is 64.3 Å². The fourth-order valence-corrected chi connectivity index (χ4v) is 2.19. The minimum atomic E-state index is -0.414. The summed E-state index contributed by atoms with van der Waals surface area (Å²) in [5, 5.41) is 2.69. The number of anilines is 2. The van der Waals surface area contributed by atoms with Gasteiger partial charge in [-0.2, -0.15) is 0 Å². The van der Waals surface area contributed by atoms with Gasteiger partial charge in [0.1, 0.15) is 11.6 Å². The lowest BCUT2D eigenvalue weighted by atomic mass is 10.2. The molecule has 0 aliphatic rings. The summed E-state index contributed by atoms with van der Waals surface area (Å²) >= 11 is 3.16. The fraction of sp³-hybridized carbons (Fsp3) is 0.0714. The lowest BCUT2D eigenvalue weighted by Gasteiger charge is -2.10. The van der Waals surface area contributed by atoms with Crippen molar-refractivity contribution in [3.8, 4) is 5.75 Å². The number of carbonyl (C=O) groups is 1. The molecule has 0 aliphatic heterocycles. The number of nitrogen functional groups attached to an aromatic ring is 1. The maximum Gasteiger partial charge on any atom is 0.256 e. The summed E-state index contributed by atoms with van der Waals surface area (Å²) in [7, 11) is 1.49. The molecule has 0 aromatic heterocycles. The van der Waals surface area contributed by atoms with Gasteiger partial charge < -0.3 is 15.8 Å². The quantitative estimate of drug-likeness (QED) is 0.842. The molecule has 0 heterocycles. The van der Waals surface area contributed by atoms with Crippen LogP contribution in [0.15, 0.2) is 40.9 Å². The number of hydrogen-bond acceptors (Lipinski definition) is 3. The van der Waals surface area contributed by atoms with E-state index in [1.165, 1.54) is 25.3 Å². The fourth-order valence-electron chi connectivity index (χ4n) is 1.66. The minimum absolute atomic E-state index is 0.335. The van der Waals surface area contributed by atoms with E-state index < -0.39 is 5.82 Å². The van der Waals surface area contributed by atoms with E-state index in [0.717, 1.165) is 0 Å². The van der Waals surface area contributed by atoms with Crippen LogP contribution in [0.2, 0.25) is 0 Å². The number of hydrogen-bond donors (Lipinski definition) is 2. The Morgan fingerprint density at radius 3 is 2.70 bits per heavy atom. The molecule has 104 valence electrons. The number of benzene rings is 2. The van der Waals surface area contributed by atoms with E-state index in [1.807, 2.05) is 0 Å². The standard InChI is InChI=1S/C14H12BrFN2O2/c1-20-13-7-9(3-5-12(13)17)18-14(19)10-4-2-8(16)6-11(10)15/h2-7H,17H2,1H3,(H,18,19). The van der Waals surface area contributed by atoms with Gasteiger partial charge in [-0.3, -0.25) is 4.79 Å². The van der Waals surface area contributed by atoms with Crippen LogP contribution in [0.25, 0.3) is 0 Å². The van der Waals surface area contributed by atoms with Gasteiger partial charge in [-0.15, -0.1) is 0 Å². The zero-order valence-electron chi connectivity index (χ0n) is 10.6. The third kappa shape index (κ3) is 3.08. The molecule has 0 unspecified atom stereocenters. The molecule has 2 rings (SSSR count). The number of nitrogens with two attached hydrogens (primary N) is 1. The van der Waals surface area contributed by atoms with Gasteiger partial charge in [0.2, 0.25) is 0 Å². The second kappa shape index (κ2) is 5.92. The van der Waals surface area contributed by atoms with Gasteiger partial charge in [-0.1, -0.05) is 0 Å². The molecule has 4 nitrogen and oxygen atoms in total. The first kappa shape index (κ1) is 14.3. The number of ether oxygens (including phenoxy) is 1. The molecule has 6 heteroatoms. The van der Waals surface area contributed by atoms with Gasteiger partial charge in [0.05, 0.1) is 18.4 Å². The molecule has 0 radical (unpaired) electrons. The number of methoxy groups -OCH3 is 1. The van der Waals surface area contributed by atoms with Crippen molar-refractivity contribution in [2.45, 2.75) is 0 Å². The lowest BCUT2D eigenvalue weighted by Crippen LogP contribution is -2.12. The van der Waals surface area contributed by atoms with E-state index in [1.54, 1.807) is 18.2 Å². The van der Waals surface area contributed by atoms with Gasteiger partial charge in [0, 0.05) is 16.2 Å². The number of nitrogens with one attached hydrogen (secondary N) is 1. The molecule has 0 fully saturated rings. The summed E-state index contributed by atoms with van der Waals surface area (Å²) in [5.74, 6) is -0.299. The Morgan fingerprint density at radius 2 is 2.05 bits per heavy atom. The van der Waals surface area contributed by atoms with Crippen molar-refractivity contribution in [2.24, 2.45) is 0 Å². The van der Waals surface area contributed by atoms with E-state index in [9.17, 15) is 9.18 Å². The first-order chi connectivity index (χ1) is 9.51. The normalized spacial score (nSPS) is 10.2. The second-order valence-corrected chi connectivity index (χ2v) is 4.89. The summed E-state index contributed by atoms with van der Waals surface area (Å²) in [6.07, 6.45) is 0. The minimum Gasteiger partial charge on any atom is -0.495 e. The Kier molecular flexibility index (Phi) is 4.24. The van der Waals surface area contributed by atoms with Crippen LogP contribution < -0.4 is 15.8 Å². The predicted octanol–water partition coefficient (Wildman–Crippen LogP) is 3.43.